The van der Waals surface area contributed by atoms with Crippen LogP contribution >= 0.6 is 11.3 Å². The maximum absolute atomic E-state index is 10.8. The second-order valence-electron chi connectivity index (χ2n) is 3.82. The molecule has 1 aromatic carbocycles. The molecule has 0 N–H and O–H groups in total. The van der Waals surface area contributed by atoms with Gasteiger partial charge in [0.15, 0.2) is 6.29 Å². The molecule has 3 aromatic rings. The van der Waals surface area contributed by atoms with Crippen LogP contribution in [-0.4, -0.2) is 16.1 Å². The predicted molar refractivity (Wildman–Crippen MR) is 69.4 cm³/mol. The molecule has 0 unspecified atom stereocenters. The first-order chi connectivity index (χ1) is 8.29. The summed E-state index contributed by atoms with van der Waals surface area (Å²) in [6.45, 7) is 0. The number of aryl methyl sites for hydroxylation is 1. The molecule has 0 amide bonds. The van der Waals surface area contributed by atoms with Crippen molar-refractivity contribution in [3.63, 3.8) is 0 Å². The van der Waals surface area contributed by atoms with Crippen LogP contribution in [0.3, 0.4) is 0 Å². The monoisotopic (exact) mass is 242 g/mol. The minimum atomic E-state index is 0.741. The van der Waals surface area contributed by atoms with Crippen LogP contribution in [-0.2, 0) is 7.05 Å². The zero-order valence-electron chi connectivity index (χ0n) is 9.25. The number of aldehydes is 1. The number of rotatable bonds is 2. The van der Waals surface area contributed by atoms with Gasteiger partial charge in [-0.05, 0) is 6.07 Å². The van der Waals surface area contributed by atoms with E-state index in [4.69, 9.17) is 0 Å². The van der Waals surface area contributed by atoms with Crippen molar-refractivity contribution in [2.45, 2.75) is 0 Å². The van der Waals surface area contributed by atoms with E-state index < -0.39 is 0 Å². The zero-order chi connectivity index (χ0) is 11.8. The Morgan fingerprint density at radius 3 is 2.76 bits per heavy atom. The fourth-order valence-electron chi connectivity index (χ4n) is 1.93. The quantitative estimate of drug-likeness (QED) is 0.647. The van der Waals surface area contributed by atoms with Gasteiger partial charge in [-0.3, -0.25) is 9.48 Å². The van der Waals surface area contributed by atoms with Crippen molar-refractivity contribution in [3.05, 3.63) is 41.3 Å². The van der Waals surface area contributed by atoms with Crippen LogP contribution in [0.15, 0.2) is 36.4 Å². The summed E-state index contributed by atoms with van der Waals surface area (Å²) in [4.78, 5) is 12.6. The standard InChI is InChI=1S/C13H10N2OS/c1-15-13-11(7-10(8-16)17-13)12(14-15)9-5-3-2-4-6-9/h2-8H,1H3. The Morgan fingerprint density at radius 1 is 1.29 bits per heavy atom. The summed E-state index contributed by atoms with van der Waals surface area (Å²) in [5, 5.41) is 5.55. The molecule has 0 spiro atoms. The Balaban J connectivity index is 2.30. The summed E-state index contributed by atoms with van der Waals surface area (Å²) in [6.07, 6.45) is 0.888. The largest absolute Gasteiger partial charge is 0.297 e. The van der Waals surface area contributed by atoms with Crippen LogP contribution in [0.25, 0.3) is 21.5 Å². The van der Waals surface area contributed by atoms with Gasteiger partial charge in [0.25, 0.3) is 0 Å². The fourth-order valence-corrected chi connectivity index (χ4v) is 2.81. The van der Waals surface area contributed by atoms with E-state index in [0.717, 1.165) is 32.6 Å². The lowest BCUT2D eigenvalue weighted by atomic mass is 10.1. The highest BCUT2D eigenvalue weighted by Gasteiger charge is 2.13. The van der Waals surface area contributed by atoms with Crippen molar-refractivity contribution in [2.24, 2.45) is 7.05 Å². The molecular formula is C13H10N2OS. The highest BCUT2D eigenvalue weighted by molar-refractivity contribution is 7.20. The SMILES string of the molecule is Cn1nc(-c2ccccc2)c2cc(C=O)sc21. The second-order valence-corrected chi connectivity index (χ2v) is 4.89. The second kappa shape index (κ2) is 3.82. The van der Waals surface area contributed by atoms with E-state index in [0.29, 0.717) is 0 Å². The first-order valence-electron chi connectivity index (χ1n) is 5.27. The van der Waals surface area contributed by atoms with Crippen molar-refractivity contribution in [2.75, 3.05) is 0 Å². The number of carbonyl (C=O) groups excluding carboxylic acids is 1. The minimum Gasteiger partial charge on any atom is -0.297 e. The topological polar surface area (TPSA) is 34.9 Å². The van der Waals surface area contributed by atoms with Gasteiger partial charge in [0.1, 0.15) is 10.5 Å². The maximum Gasteiger partial charge on any atom is 0.160 e. The van der Waals surface area contributed by atoms with Gasteiger partial charge >= 0.3 is 0 Å². The number of thiophene rings is 1. The summed E-state index contributed by atoms with van der Waals surface area (Å²) in [7, 11) is 1.90. The van der Waals surface area contributed by atoms with Crippen LogP contribution < -0.4 is 0 Å². The van der Waals surface area contributed by atoms with Crippen molar-refractivity contribution in [1.82, 2.24) is 9.78 Å². The molecule has 2 heterocycles. The number of carbonyl (C=O) groups is 1. The number of nitrogens with zero attached hydrogens (tertiary/aromatic N) is 2. The lowest BCUT2D eigenvalue weighted by Gasteiger charge is -1.95. The Labute approximate surface area is 102 Å². The number of aromatic nitrogens is 2. The summed E-state index contributed by atoms with van der Waals surface area (Å²) >= 11 is 1.47. The summed E-state index contributed by atoms with van der Waals surface area (Å²) in [5.74, 6) is 0. The fraction of sp³-hybridized carbons (Fsp3) is 0.0769. The minimum absolute atomic E-state index is 0.741. The van der Waals surface area contributed by atoms with Crippen LogP contribution in [0.2, 0.25) is 0 Å². The van der Waals surface area contributed by atoms with E-state index in [1.54, 1.807) is 0 Å². The summed E-state index contributed by atoms with van der Waals surface area (Å²) in [5.41, 5.74) is 2.01. The molecule has 17 heavy (non-hydrogen) atoms. The van der Waals surface area contributed by atoms with Gasteiger partial charge in [-0.2, -0.15) is 5.10 Å². The van der Waals surface area contributed by atoms with Gasteiger partial charge in [0.05, 0.1) is 4.88 Å². The van der Waals surface area contributed by atoms with Crippen LogP contribution in [0.5, 0.6) is 0 Å². The average molecular weight is 242 g/mol. The molecule has 3 rings (SSSR count). The third kappa shape index (κ3) is 1.57. The lowest BCUT2D eigenvalue weighted by molar-refractivity contribution is 0.112. The van der Waals surface area contributed by atoms with E-state index in [1.807, 2.05) is 48.1 Å². The first-order valence-corrected chi connectivity index (χ1v) is 6.08. The molecule has 0 aliphatic carbocycles. The highest BCUT2D eigenvalue weighted by atomic mass is 32.1. The molecule has 0 saturated carbocycles. The molecule has 84 valence electrons. The molecule has 0 saturated heterocycles. The molecule has 0 atom stereocenters. The van der Waals surface area contributed by atoms with Gasteiger partial charge < -0.3 is 0 Å². The lowest BCUT2D eigenvalue weighted by Crippen LogP contribution is -1.88. The van der Waals surface area contributed by atoms with Crippen molar-refractivity contribution < 1.29 is 4.79 Å². The van der Waals surface area contributed by atoms with Crippen LogP contribution in [0.1, 0.15) is 9.67 Å². The number of benzene rings is 1. The Kier molecular flexibility index (Phi) is 2.30. The third-order valence-electron chi connectivity index (χ3n) is 2.69. The highest BCUT2D eigenvalue weighted by Crippen LogP contribution is 2.32. The van der Waals surface area contributed by atoms with Crippen molar-refractivity contribution in [3.8, 4) is 11.3 Å². The third-order valence-corrected chi connectivity index (χ3v) is 3.82. The smallest absolute Gasteiger partial charge is 0.160 e. The van der Waals surface area contributed by atoms with E-state index >= 15 is 0 Å². The van der Waals surface area contributed by atoms with E-state index in [1.165, 1.54) is 11.3 Å². The normalized spacial score (nSPS) is 10.9. The zero-order valence-corrected chi connectivity index (χ0v) is 10.1. The van der Waals surface area contributed by atoms with Gasteiger partial charge in [0.2, 0.25) is 0 Å². The molecule has 2 aromatic heterocycles. The summed E-state index contributed by atoms with van der Waals surface area (Å²) < 4.78 is 1.83. The molecule has 0 aliphatic heterocycles. The molecule has 0 fully saturated rings. The number of hydrogen-bond donors (Lipinski definition) is 0. The van der Waals surface area contributed by atoms with Crippen molar-refractivity contribution in [1.29, 1.82) is 0 Å². The Bertz CT molecular complexity index is 682. The van der Waals surface area contributed by atoms with Gasteiger partial charge in [-0.25, -0.2) is 0 Å². The Hall–Kier alpha value is -1.94. The van der Waals surface area contributed by atoms with Gasteiger partial charge in [-0.15, -0.1) is 11.3 Å². The molecule has 0 radical (unpaired) electrons. The maximum atomic E-state index is 10.8. The van der Waals surface area contributed by atoms with Gasteiger partial charge in [-0.1, -0.05) is 30.3 Å². The van der Waals surface area contributed by atoms with E-state index in [9.17, 15) is 4.79 Å². The van der Waals surface area contributed by atoms with Crippen molar-refractivity contribution >= 4 is 27.8 Å². The Morgan fingerprint density at radius 2 is 2.06 bits per heavy atom. The van der Waals surface area contributed by atoms with Crippen LogP contribution in [0, 0.1) is 0 Å². The molecular weight excluding hydrogens is 232 g/mol. The molecule has 4 heteroatoms. The van der Waals surface area contributed by atoms with E-state index in [-0.39, 0.29) is 0 Å². The number of hydrogen-bond acceptors (Lipinski definition) is 3. The molecule has 0 bridgehead atoms. The van der Waals surface area contributed by atoms with E-state index in [2.05, 4.69) is 5.10 Å². The summed E-state index contributed by atoms with van der Waals surface area (Å²) in [6, 6.07) is 11.9. The van der Waals surface area contributed by atoms with Gasteiger partial charge in [0, 0.05) is 18.0 Å². The average Bonchev–Trinajstić information content (AvgIpc) is 2.91. The van der Waals surface area contributed by atoms with Crippen LogP contribution in [0.4, 0.5) is 0 Å². The number of fused-ring (bicyclic) bond motifs is 1. The predicted octanol–water partition coefficient (Wildman–Crippen LogP) is 3.11. The first kappa shape index (κ1) is 10.2. The molecule has 3 nitrogen and oxygen atoms in total. The molecule has 0 aliphatic rings.